The Bertz CT molecular complexity index is 815. The number of halogens is 1. The molecule has 7 heteroatoms. The lowest BCUT2D eigenvalue weighted by atomic mass is 10.1. The number of benzene rings is 2. The van der Waals surface area contributed by atoms with E-state index in [1.54, 1.807) is 42.5 Å². The van der Waals surface area contributed by atoms with Crippen molar-refractivity contribution in [1.82, 2.24) is 4.90 Å². The number of fused-ring (bicyclic) bond motifs is 1. The Balaban J connectivity index is 1.76. The molecule has 1 N–H and O–H groups in total. The summed E-state index contributed by atoms with van der Waals surface area (Å²) >= 11 is 6.00. The average Bonchev–Trinajstić information content (AvgIpc) is 2.81. The third kappa shape index (κ3) is 2.72. The topological polar surface area (TPSA) is 75.7 Å². The van der Waals surface area contributed by atoms with Gasteiger partial charge in [0.05, 0.1) is 28.9 Å². The lowest BCUT2D eigenvalue weighted by molar-refractivity contribution is -0.116. The maximum atomic E-state index is 12.3. The molecule has 0 bridgehead atoms. The maximum absolute atomic E-state index is 12.3. The van der Waals surface area contributed by atoms with Crippen LogP contribution in [0.1, 0.15) is 20.7 Å². The lowest BCUT2D eigenvalue weighted by Gasteiger charge is -2.15. The highest BCUT2D eigenvalue weighted by Crippen LogP contribution is 2.32. The van der Waals surface area contributed by atoms with Gasteiger partial charge >= 0.3 is 0 Å². The van der Waals surface area contributed by atoms with Crippen molar-refractivity contribution in [2.45, 2.75) is 0 Å². The third-order valence-corrected chi connectivity index (χ3v) is 3.92. The molecule has 0 atom stereocenters. The van der Waals surface area contributed by atoms with E-state index in [0.717, 1.165) is 4.90 Å². The van der Waals surface area contributed by atoms with Crippen molar-refractivity contribution in [3.05, 3.63) is 58.6 Å². The number of rotatable bonds is 4. The van der Waals surface area contributed by atoms with Gasteiger partial charge in [0.2, 0.25) is 5.91 Å². The van der Waals surface area contributed by atoms with Crippen molar-refractivity contribution in [2.24, 2.45) is 0 Å². The summed E-state index contributed by atoms with van der Waals surface area (Å²) in [6.07, 6.45) is 0. The average molecular weight is 345 g/mol. The van der Waals surface area contributed by atoms with Crippen LogP contribution in [0.15, 0.2) is 42.5 Å². The van der Waals surface area contributed by atoms with Crippen LogP contribution in [0.4, 0.5) is 5.69 Å². The maximum Gasteiger partial charge on any atom is 0.262 e. The standard InChI is InChI=1S/C17H13ClN2O4/c1-24-15-12(18)7-4-8-13(15)19-14(21)9-20-16(22)10-5-2-3-6-11(10)17(20)23/h2-8H,9H2,1H3,(H,19,21). The van der Waals surface area contributed by atoms with Gasteiger partial charge in [-0.1, -0.05) is 29.8 Å². The van der Waals surface area contributed by atoms with E-state index in [0.29, 0.717) is 27.6 Å². The molecule has 0 radical (unpaired) electrons. The number of ether oxygens (including phenoxy) is 1. The van der Waals surface area contributed by atoms with E-state index in [1.807, 2.05) is 0 Å². The Morgan fingerprint density at radius 3 is 2.29 bits per heavy atom. The van der Waals surface area contributed by atoms with Crippen LogP contribution in [0.25, 0.3) is 0 Å². The van der Waals surface area contributed by atoms with E-state index in [-0.39, 0.29) is 6.54 Å². The summed E-state index contributed by atoms with van der Waals surface area (Å²) in [5.74, 6) is -1.17. The summed E-state index contributed by atoms with van der Waals surface area (Å²) in [4.78, 5) is 37.7. The van der Waals surface area contributed by atoms with E-state index in [1.165, 1.54) is 7.11 Å². The molecule has 0 fully saturated rings. The third-order valence-electron chi connectivity index (χ3n) is 3.63. The molecule has 1 aliphatic heterocycles. The predicted molar refractivity (Wildman–Crippen MR) is 88.4 cm³/mol. The molecule has 0 aliphatic carbocycles. The van der Waals surface area contributed by atoms with Gasteiger partial charge in [0.1, 0.15) is 6.54 Å². The molecule has 3 amide bonds. The van der Waals surface area contributed by atoms with Crippen molar-refractivity contribution < 1.29 is 19.1 Å². The van der Waals surface area contributed by atoms with Crippen molar-refractivity contribution in [3.8, 4) is 5.75 Å². The molecular formula is C17H13ClN2O4. The molecule has 24 heavy (non-hydrogen) atoms. The highest BCUT2D eigenvalue weighted by atomic mass is 35.5. The number of amides is 3. The van der Waals surface area contributed by atoms with E-state index >= 15 is 0 Å². The Kier molecular flexibility index (Phi) is 4.22. The normalized spacial score (nSPS) is 13.0. The number of anilines is 1. The van der Waals surface area contributed by atoms with Gasteiger partial charge in [0.25, 0.3) is 11.8 Å². The van der Waals surface area contributed by atoms with Crippen LogP contribution < -0.4 is 10.1 Å². The first-order valence-electron chi connectivity index (χ1n) is 7.10. The van der Waals surface area contributed by atoms with E-state index in [4.69, 9.17) is 16.3 Å². The van der Waals surface area contributed by atoms with Crippen molar-refractivity contribution >= 4 is 35.0 Å². The first-order chi connectivity index (χ1) is 11.5. The van der Waals surface area contributed by atoms with Gasteiger partial charge in [0.15, 0.2) is 5.75 Å². The van der Waals surface area contributed by atoms with Crippen molar-refractivity contribution in [1.29, 1.82) is 0 Å². The molecule has 1 aliphatic rings. The predicted octanol–water partition coefficient (Wildman–Crippen LogP) is 2.58. The summed E-state index contributed by atoms with van der Waals surface area (Å²) in [6.45, 7) is -0.387. The van der Waals surface area contributed by atoms with Crippen molar-refractivity contribution in [2.75, 3.05) is 19.0 Å². The summed E-state index contributed by atoms with van der Waals surface area (Å²) in [5, 5.41) is 2.95. The Hall–Kier alpha value is -2.86. The molecule has 0 saturated heterocycles. The largest absolute Gasteiger partial charge is 0.493 e. The van der Waals surface area contributed by atoms with Crippen LogP contribution in [0.5, 0.6) is 5.75 Å². The quantitative estimate of drug-likeness (QED) is 0.865. The minimum absolute atomic E-state index is 0.302. The smallest absolute Gasteiger partial charge is 0.262 e. The highest BCUT2D eigenvalue weighted by Gasteiger charge is 2.36. The molecular weight excluding hydrogens is 332 g/mol. The van der Waals surface area contributed by atoms with Crippen LogP contribution in [-0.4, -0.2) is 36.3 Å². The summed E-state index contributed by atoms with van der Waals surface area (Å²) in [7, 11) is 1.43. The minimum atomic E-state index is -0.523. The number of carbonyl (C=O) groups is 3. The van der Waals surface area contributed by atoms with E-state index in [2.05, 4.69) is 5.32 Å². The zero-order chi connectivity index (χ0) is 17.3. The second-order valence-corrected chi connectivity index (χ2v) is 5.52. The summed E-state index contributed by atoms with van der Waals surface area (Å²) in [5.41, 5.74) is 0.970. The highest BCUT2D eigenvalue weighted by molar-refractivity contribution is 6.32. The molecule has 3 rings (SSSR count). The Morgan fingerprint density at radius 1 is 1.08 bits per heavy atom. The summed E-state index contributed by atoms with van der Waals surface area (Å²) < 4.78 is 5.15. The van der Waals surface area contributed by atoms with Crippen LogP contribution in [-0.2, 0) is 4.79 Å². The van der Waals surface area contributed by atoms with E-state index < -0.39 is 17.7 Å². The molecule has 2 aromatic rings. The van der Waals surface area contributed by atoms with Gasteiger partial charge in [-0.3, -0.25) is 19.3 Å². The number of para-hydroxylation sites is 1. The van der Waals surface area contributed by atoms with Gasteiger partial charge in [-0.05, 0) is 24.3 Å². The fourth-order valence-electron chi connectivity index (χ4n) is 2.53. The van der Waals surface area contributed by atoms with Crippen molar-refractivity contribution in [3.63, 3.8) is 0 Å². The fraction of sp³-hybridized carbons (Fsp3) is 0.118. The SMILES string of the molecule is COc1c(Cl)cccc1NC(=O)CN1C(=O)c2ccccc2C1=O. The minimum Gasteiger partial charge on any atom is -0.493 e. The van der Waals surface area contributed by atoms with Gasteiger partial charge in [-0.2, -0.15) is 0 Å². The van der Waals surface area contributed by atoms with Gasteiger partial charge in [-0.25, -0.2) is 0 Å². The lowest BCUT2D eigenvalue weighted by Crippen LogP contribution is -2.37. The number of hydrogen-bond donors (Lipinski definition) is 1. The van der Waals surface area contributed by atoms with Gasteiger partial charge in [0, 0.05) is 0 Å². The second-order valence-electron chi connectivity index (χ2n) is 5.11. The molecule has 2 aromatic carbocycles. The molecule has 0 spiro atoms. The number of methoxy groups -OCH3 is 1. The summed E-state index contributed by atoms with van der Waals surface area (Å²) in [6, 6.07) is 11.4. The van der Waals surface area contributed by atoms with Crippen LogP contribution in [0.3, 0.4) is 0 Å². The molecule has 122 valence electrons. The number of imide groups is 1. The van der Waals surface area contributed by atoms with Crippen LogP contribution in [0, 0.1) is 0 Å². The number of carbonyl (C=O) groups excluding carboxylic acids is 3. The van der Waals surface area contributed by atoms with Crippen LogP contribution in [0.2, 0.25) is 5.02 Å². The second kappa shape index (κ2) is 6.33. The zero-order valence-corrected chi connectivity index (χ0v) is 13.5. The monoisotopic (exact) mass is 344 g/mol. The first-order valence-corrected chi connectivity index (χ1v) is 7.48. The fourth-order valence-corrected chi connectivity index (χ4v) is 2.78. The number of nitrogens with zero attached hydrogens (tertiary/aromatic N) is 1. The van der Waals surface area contributed by atoms with Crippen LogP contribution >= 0.6 is 11.6 Å². The molecule has 6 nitrogen and oxygen atoms in total. The Labute approximate surface area is 143 Å². The molecule has 0 unspecified atom stereocenters. The number of hydrogen-bond acceptors (Lipinski definition) is 4. The molecule has 0 aromatic heterocycles. The Morgan fingerprint density at radius 2 is 1.71 bits per heavy atom. The first kappa shape index (κ1) is 16.0. The van der Waals surface area contributed by atoms with Gasteiger partial charge < -0.3 is 10.1 Å². The van der Waals surface area contributed by atoms with Gasteiger partial charge in [-0.15, -0.1) is 0 Å². The van der Waals surface area contributed by atoms with E-state index in [9.17, 15) is 14.4 Å². The zero-order valence-electron chi connectivity index (χ0n) is 12.7. The number of nitrogens with one attached hydrogen (secondary N) is 1. The molecule has 0 saturated carbocycles. The molecule has 1 heterocycles.